The average molecular weight is 434 g/mol. The van der Waals surface area contributed by atoms with Gasteiger partial charge in [-0.15, -0.1) is 0 Å². The van der Waals surface area contributed by atoms with Gasteiger partial charge in [0.2, 0.25) is 0 Å². The molecule has 1 saturated heterocycles. The van der Waals surface area contributed by atoms with Crippen molar-refractivity contribution in [3.63, 3.8) is 0 Å². The molecule has 0 spiro atoms. The predicted molar refractivity (Wildman–Crippen MR) is 103 cm³/mol. The molecule has 0 aromatic heterocycles. The summed E-state index contributed by atoms with van der Waals surface area (Å²) in [5.74, 6) is -1.82. The molecule has 0 saturated carbocycles. The maximum Gasteiger partial charge on any atom is 0.174 e. The standard InChI is InChI=1S/C21H22O10/c22-7-14-17(27)18(28)19(29)21(31-14)16-11(25)5-10(24)15-12(26)6-13(30-20(15)16)8-1-3-9(23)4-2-8/h1-5,13-14,17-19,21-25,27-29H,6-7H2/t13-,14-,17+,18-,19+,21-/m0/s1. The summed E-state index contributed by atoms with van der Waals surface area (Å²) in [4.78, 5) is 12.8. The van der Waals surface area contributed by atoms with Gasteiger partial charge < -0.3 is 45.2 Å². The highest BCUT2D eigenvalue weighted by atomic mass is 16.5. The highest BCUT2D eigenvalue weighted by Crippen LogP contribution is 2.50. The van der Waals surface area contributed by atoms with Gasteiger partial charge in [0.25, 0.3) is 0 Å². The van der Waals surface area contributed by atoms with Gasteiger partial charge >= 0.3 is 0 Å². The Morgan fingerprint density at radius 1 is 0.935 bits per heavy atom. The Balaban J connectivity index is 1.81. The van der Waals surface area contributed by atoms with E-state index < -0.39 is 60.5 Å². The number of aliphatic hydroxyl groups is 4. The van der Waals surface area contributed by atoms with Crippen molar-refractivity contribution in [3.8, 4) is 23.0 Å². The summed E-state index contributed by atoms with van der Waals surface area (Å²) in [7, 11) is 0. The van der Waals surface area contributed by atoms with Crippen LogP contribution in [0, 0.1) is 0 Å². The number of phenolic OH excluding ortho intramolecular Hbond substituents is 3. The molecule has 166 valence electrons. The van der Waals surface area contributed by atoms with Crippen LogP contribution < -0.4 is 4.74 Å². The van der Waals surface area contributed by atoms with E-state index in [4.69, 9.17) is 9.47 Å². The minimum Gasteiger partial charge on any atom is -0.508 e. The Bertz CT molecular complexity index is 987. The molecular formula is C21H22O10. The van der Waals surface area contributed by atoms with Gasteiger partial charge in [-0.05, 0) is 17.7 Å². The van der Waals surface area contributed by atoms with Gasteiger partial charge in [0.15, 0.2) is 5.78 Å². The van der Waals surface area contributed by atoms with Crippen molar-refractivity contribution in [2.24, 2.45) is 0 Å². The zero-order chi connectivity index (χ0) is 22.4. The fourth-order valence-corrected chi connectivity index (χ4v) is 3.98. The zero-order valence-electron chi connectivity index (χ0n) is 16.1. The topological polar surface area (TPSA) is 177 Å². The van der Waals surface area contributed by atoms with E-state index in [0.717, 1.165) is 6.07 Å². The molecule has 31 heavy (non-hydrogen) atoms. The number of hydrogen-bond acceptors (Lipinski definition) is 10. The number of ketones is 1. The van der Waals surface area contributed by atoms with Crippen LogP contribution in [0.1, 0.15) is 40.1 Å². The number of rotatable bonds is 3. The van der Waals surface area contributed by atoms with Crippen LogP contribution >= 0.6 is 0 Å². The minimum absolute atomic E-state index is 0.0172. The number of aliphatic hydroxyl groups excluding tert-OH is 4. The SMILES string of the molecule is O=C1C[C@@H](c2ccc(O)cc2)Oc2c1c(O)cc(O)c2[C@@H]1O[C@@H](CO)[C@@H](O)[C@H](O)[C@H]1O. The Labute approximate surface area is 176 Å². The number of aromatic hydroxyl groups is 3. The Morgan fingerprint density at radius 3 is 2.26 bits per heavy atom. The van der Waals surface area contributed by atoms with Crippen LogP contribution in [-0.2, 0) is 4.74 Å². The first-order valence-electron chi connectivity index (χ1n) is 9.61. The molecule has 0 aliphatic carbocycles. The molecule has 0 amide bonds. The van der Waals surface area contributed by atoms with Crippen LogP contribution in [0.5, 0.6) is 23.0 Å². The normalized spacial score (nSPS) is 30.5. The van der Waals surface area contributed by atoms with Gasteiger partial charge in [-0.2, -0.15) is 0 Å². The number of carbonyl (C=O) groups is 1. The summed E-state index contributed by atoms with van der Waals surface area (Å²) in [6.45, 7) is -0.682. The molecule has 10 nitrogen and oxygen atoms in total. The lowest BCUT2D eigenvalue weighted by Gasteiger charge is -2.41. The smallest absolute Gasteiger partial charge is 0.174 e. The van der Waals surface area contributed by atoms with Crippen molar-refractivity contribution in [1.29, 1.82) is 0 Å². The number of Topliss-reactive ketones (excluding diaryl/α,β-unsaturated/α-hetero) is 1. The first-order valence-corrected chi connectivity index (χ1v) is 9.61. The fourth-order valence-electron chi connectivity index (χ4n) is 3.98. The van der Waals surface area contributed by atoms with Crippen LogP contribution in [0.3, 0.4) is 0 Å². The Hall–Kier alpha value is -2.89. The number of fused-ring (bicyclic) bond motifs is 1. The Morgan fingerprint density at radius 2 is 1.61 bits per heavy atom. The third-order valence-electron chi connectivity index (χ3n) is 5.63. The summed E-state index contributed by atoms with van der Waals surface area (Å²) in [6.07, 6.45) is -8.75. The zero-order valence-corrected chi connectivity index (χ0v) is 16.1. The van der Waals surface area contributed by atoms with E-state index in [1.54, 1.807) is 12.1 Å². The molecule has 2 aliphatic heterocycles. The summed E-state index contributed by atoms with van der Waals surface area (Å²) < 4.78 is 11.5. The summed E-state index contributed by atoms with van der Waals surface area (Å²) in [5.41, 5.74) is 0.112. The second kappa shape index (κ2) is 7.98. The summed E-state index contributed by atoms with van der Waals surface area (Å²) in [5, 5.41) is 70.4. The lowest BCUT2D eigenvalue weighted by atomic mass is 9.87. The average Bonchev–Trinajstić information content (AvgIpc) is 2.73. The van der Waals surface area contributed by atoms with Crippen molar-refractivity contribution < 1.29 is 50.0 Å². The van der Waals surface area contributed by atoms with Gasteiger partial charge in [0.05, 0.1) is 18.6 Å². The second-order valence-corrected chi connectivity index (χ2v) is 7.61. The predicted octanol–water partition coefficient (Wildman–Crippen LogP) is 0.0248. The molecule has 6 atom stereocenters. The van der Waals surface area contributed by atoms with Gasteiger partial charge in [-0.25, -0.2) is 0 Å². The van der Waals surface area contributed by atoms with Gasteiger partial charge in [0.1, 0.15) is 65.2 Å². The highest BCUT2D eigenvalue weighted by molar-refractivity contribution is 6.03. The molecule has 2 aromatic rings. The van der Waals surface area contributed by atoms with Crippen molar-refractivity contribution >= 4 is 5.78 Å². The number of phenols is 3. The van der Waals surface area contributed by atoms with E-state index in [-0.39, 0.29) is 29.0 Å². The molecule has 10 heteroatoms. The maximum absolute atomic E-state index is 12.8. The number of benzene rings is 2. The number of carbonyl (C=O) groups excluding carboxylic acids is 1. The van der Waals surface area contributed by atoms with E-state index in [9.17, 15) is 40.5 Å². The molecule has 1 fully saturated rings. The van der Waals surface area contributed by atoms with Crippen LogP contribution in [-0.4, -0.2) is 72.6 Å². The van der Waals surface area contributed by atoms with Crippen LogP contribution in [0.2, 0.25) is 0 Å². The summed E-state index contributed by atoms with van der Waals surface area (Å²) in [6, 6.07) is 6.83. The second-order valence-electron chi connectivity index (χ2n) is 7.61. The monoisotopic (exact) mass is 434 g/mol. The quantitative estimate of drug-likeness (QED) is 0.348. The molecular weight excluding hydrogens is 412 g/mol. The van der Waals surface area contributed by atoms with Crippen molar-refractivity contribution in [2.45, 2.75) is 43.0 Å². The lowest BCUT2D eigenvalue weighted by molar-refractivity contribution is -0.232. The van der Waals surface area contributed by atoms with Gasteiger partial charge in [0, 0.05) is 6.07 Å². The largest absolute Gasteiger partial charge is 0.508 e. The molecule has 0 radical (unpaired) electrons. The third kappa shape index (κ3) is 3.58. The third-order valence-corrected chi connectivity index (χ3v) is 5.63. The molecule has 0 unspecified atom stereocenters. The molecule has 0 bridgehead atoms. The number of hydrogen-bond donors (Lipinski definition) is 7. The van der Waals surface area contributed by atoms with Crippen LogP contribution in [0.4, 0.5) is 0 Å². The van der Waals surface area contributed by atoms with Gasteiger partial charge in [-0.1, -0.05) is 12.1 Å². The highest BCUT2D eigenvalue weighted by Gasteiger charge is 2.47. The van der Waals surface area contributed by atoms with E-state index in [1.807, 2.05) is 0 Å². The molecule has 2 heterocycles. The van der Waals surface area contributed by atoms with E-state index in [1.165, 1.54) is 12.1 Å². The minimum atomic E-state index is -1.73. The van der Waals surface area contributed by atoms with E-state index in [0.29, 0.717) is 5.56 Å². The molecule has 7 N–H and O–H groups in total. The fraction of sp³-hybridized carbons (Fsp3) is 0.381. The number of ether oxygens (including phenoxy) is 2. The maximum atomic E-state index is 12.8. The van der Waals surface area contributed by atoms with Gasteiger partial charge in [-0.3, -0.25) is 4.79 Å². The molecule has 4 rings (SSSR count). The first kappa shape index (κ1) is 21.3. The van der Waals surface area contributed by atoms with Crippen molar-refractivity contribution in [2.75, 3.05) is 6.61 Å². The van der Waals surface area contributed by atoms with E-state index >= 15 is 0 Å². The van der Waals surface area contributed by atoms with Crippen LogP contribution in [0.15, 0.2) is 30.3 Å². The summed E-state index contributed by atoms with van der Waals surface area (Å²) >= 11 is 0. The molecule has 2 aromatic carbocycles. The molecule has 2 aliphatic rings. The van der Waals surface area contributed by atoms with Crippen LogP contribution in [0.25, 0.3) is 0 Å². The Kier molecular flexibility index (Phi) is 5.50. The van der Waals surface area contributed by atoms with Crippen molar-refractivity contribution in [1.82, 2.24) is 0 Å². The lowest BCUT2D eigenvalue weighted by Crippen LogP contribution is -2.55. The van der Waals surface area contributed by atoms with E-state index in [2.05, 4.69) is 0 Å². The van der Waals surface area contributed by atoms with Crippen molar-refractivity contribution in [3.05, 3.63) is 47.0 Å². The first-order chi connectivity index (χ1) is 14.7.